The van der Waals surface area contributed by atoms with Crippen LogP contribution in [0.5, 0.6) is 5.75 Å². The predicted octanol–water partition coefficient (Wildman–Crippen LogP) is 2.30. The van der Waals surface area contributed by atoms with Crippen molar-refractivity contribution in [2.45, 2.75) is 18.9 Å². The average molecular weight is 254 g/mol. The lowest BCUT2D eigenvalue weighted by Gasteiger charge is -2.21. The van der Waals surface area contributed by atoms with E-state index in [1.54, 1.807) is 6.07 Å². The molecule has 0 radical (unpaired) electrons. The fourth-order valence-electron chi connectivity index (χ4n) is 2.72. The van der Waals surface area contributed by atoms with Crippen molar-refractivity contribution in [3.05, 3.63) is 45.8 Å². The third kappa shape index (κ3) is 1.46. The molecule has 1 aromatic heterocycles. The minimum Gasteiger partial charge on any atom is -0.485 e. The Morgan fingerprint density at radius 3 is 2.84 bits per heavy atom. The largest absolute Gasteiger partial charge is 0.485 e. The van der Waals surface area contributed by atoms with E-state index in [1.165, 1.54) is 6.07 Å². The van der Waals surface area contributed by atoms with Crippen LogP contribution in [-0.4, -0.2) is 11.9 Å². The lowest BCUT2D eigenvalue weighted by molar-refractivity contribution is -0.114. The van der Waals surface area contributed by atoms with Gasteiger partial charge in [-0.2, -0.15) is 0 Å². The normalized spacial score (nSPS) is 20.7. The number of Topliss-reactive ketones (excluding diaryl/α,β-unsaturated/α-hetero) is 1. The van der Waals surface area contributed by atoms with Crippen molar-refractivity contribution < 1.29 is 13.9 Å². The van der Waals surface area contributed by atoms with E-state index in [0.29, 0.717) is 28.9 Å². The van der Waals surface area contributed by atoms with E-state index >= 15 is 0 Å². The molecule has 2 aromatic rings. The van der Waals surface area contributed by atoms with Crippen molar-refractivity contribution in [1.29, 1.82) is 0 Å². The second-order valence-corrected chi connectivity index (χ2v) is 4.82. The molecule has 1 aliphatic carbocycles. The fourth-order valence-corrected chi connectivity index (χ4v) is 2.72. The molecule has 0 amide bonds. The Labute approximate surface area is 108 Å². The van der Waals surface area contributed by atoms with Crippen molar-refractivity contribution in [2.24, 2.45) is 0 Å². The Kier molecular flexibility index (Phi) is 1.98. The molecule has 1 fully saturated rings. The van der Waals surface area contributed by atoms with Gasteiger partial charge in [0.2, 0.25) is 0 Å². The van der Waals surface area contributed by atoms with Crippen molar-refractivity contribution in [3.63, 3.8) is 0 Å². The van der Waals surface area contributed by atoms with Crippen LogP contribution in [0.1, 0.15) is 18.4 Å². The van der Waals surface area contributed by atoms with Crippen LogP contribution < -0.4 is 10.4 Å². The molecule has 4 heteroatoms. The number of hydrogen-bond donors (Lipinski definition) is 0. The van der Waals surface area contributed by atoms with Crippen LogP contribution in [0.3, 0.4) is 0 Å². The van der Waals surface area contributed by atoms with Gasteiger partial charge in [0.05, 0.1) is 5.56 Å². The summed E-state index contributed by atoms with van der Waals surface area (Å²) in [6.45, 7) is 0. The molecule has 2 aliphatic rings. The molecule has 0 spiro atoms. The van der Waals surface area contributed by atoms with Gasteiger partial charge in [-0.25, -0.2) is 4.79 Å². The summed E-state index contributed by atoms with van der Waals surface area (Å²) >= 11 is 0. The first-order valence-corrected chi connectivity index (χ1v) is 6.21. The molecule has 0 saturated heterocycles. The Bertz CT molecular complexity index is 797. The Hall–Kier alpha value is -2.36. The van der Waals surface area contributed by atoms with Gasteiger partial charge in [-0.05, 0) is 30.7 Å². The van der Waals surface area contributed by atoms with Crippen LogP contribution in [-0.2, 0) is 4.79 Å². The number of benzene rings is 1. The number of fused-ring (bicyclic) bond motifs is 4. The summed E-state index contributed by atoms with van der Waals surface area (Å²) in [7, 11) is 0. The summed E-state index contributed by atoms with van der Waals surface area (Å²) in [5.41, 5.74) is 1.46. The Balaban J connectivity index is 2.05. The Morgan fingerprint density at radius 2 is 1.95 bits per heavy atom. The summed E-state index contributed by atoms with van der Waals surface area (Å²) in [5.74, 6) is 0.788. The van der Waals surface area contributed by atoms with Gasteiger partial charge in [0.25, 0.3) is 0 Å². The van der Waals surface area contributed by atoms with Crippen LogP contribution >= 0.6 is 0 Å². The first-order chi connectivity index (χ1) is 9.22. The van der Waals surface area contributed by atoms with Crippen LogP contribution in [0, 0.1) is 0 Å². The Morgan fingerprint density at radius 1 is 1.11 bits per heavy atom. The van der Waals surface area contributed by atoms with Gasteiger partial charge in [-0.15, -0.1) is 0 Å². The van der Waals surface area contributed by atoms with E-state index in [9.17, 15) is 9.59 Å². The highest BCUT2D eigenvalue weighted by Gasteiger charge is 2.34. The maximum Gasteiger partial charge on any atom is 0.336 e. The zero-order valence-electron chi connectivity index (χ0n) is 10.0. The van der Waals surface area contributed by atoms with E-state index in [-0.39, 0.29) is 11.9 Å². The number of carbonyl (C=O) groups is 1. The van der Waals surface area contributed by atoms with E-state index in [0.717, 1.165) is 11.8 Å². The number of ether oxygens (including phenoxy) is 1. The zero-order valence-corrected chi connectivity index (χ0v) is 10.0. The van der Waals surface area contributed by atoms with E-state index in [2.05, 4.69) is 0 Å². The number of hydrogen-bond acceptors (Lipinski definition) is 4. The second kappa shape index (κ2) is 3.57. The maximum absolute atomic E-state index is 11.8. The third-order valence-corrected chi connectivity index (χ3v) is 3.66. The van der Waals surface area contributed by atoms with Gasteiger partial charge >= 0.3 is 5.63 Å². The maximum atomic E-state index is 11.8. The van der Waals surface area contributed by atoms with Crippen LogP contribution in [0.15, 0.2) is 39.1 Å². The zero-order chi connectivity index (χ0) is 13.0. The van der Waals surface area contributed by atoms with Gasteiger partial charge < -0.3 is 9.15 Å². The van der Waals surface area contributed by atoms with Crippen LogP contribution in [0.4, 0.5) is 0 Å². The molecule has 4 nitrogen and oxygen atoms in total. The van der Waals surface area contributed by atoms with E-state index in [4.69, 9.17) is 9.15 Å². The molecule has 1 unspecified atom stereocenters. The van der Waals surface area contributed by atoms with Gasteiger partial charge in [-0.1, -0.05) is 0 Å². The summed E-state index contributed by atoms with van der Waals surface area (Å²) in [6, 6.07) is 6.80. The first-order valence-electron chi connectivity index (χ1n) is 6.21. The molecule has 2 heterocycles. The molecule has 1 aromatic carbocycles. The van der Waals surface area contributed by atoms with Crippen molar-refractivity contribution >= 4 is 22.8 Å². The lowest BCUT2D eigenvalue weighted by atomic mass is 10.0. The van der Waals surface area contributed by atoms with Crippen molar-refractivity contribution in [2.75, 3.05) is 0 Å². The van der Waals surface area contributed by atoms with Gasteiger partial charge in [0, 0.05) is 23.4 Å². The smallest absolute Gasteiger partial charge is 0.336 e. The highest BCUT2D eigenvalue weighted by Crippen LogP contribution is 2.39. The molecule has 0 bridgehead atoms. The highest BCUT2D eigenvalue weighted by atomic mass is 16.5. The minimum atomic E-state index is -0.404. The monoisotopic (exact) mass is 254 g/mol. The van der Waals surface area contributed by atoms with Gasteiger partial charge in [-0.3, -0.25) is 4.79 Å². The summed E-state index contributed by atoms with van der Waals surface area (Å²) < 4.78 is 11.1. The highest BCUT2D eigenvalue weighted by molar-refractivity contribution is 6.05. The first kappa shape index (κ1) is 10.6. The molecule has 4 rings (SSSR count). The van der Waals surface area contributed by atoms with Crippen LogP contribution in [0.25, 0.3) is 17.0 Å². The quantitative estimate of drug-likeness (QED) is 0.677. The van der Waals surface area contributed by atoms with Gasteiger partial charge in [0.15, 0.2) is 5.78 Å². The lowest BCUT2D eigenvalue weighted by Crippen LogP contribution is -2.19. The molecule has 1 saturated carbocycles. The standard InChI is InChI=1S/C15H10O4/c16-11-3-5-12-9(11)7-10-13(18-12)4-1-8-2-6-14(17)19-15(8)10/h1-2,4,6-7,12H,3,5H2. The van der Waals surface area contributed by atoms with Crippen LogP contribution in [0.2, 0.25) is 0 Å². The average Bonchev–Trinajstić information content (AvgIpc) is 2.78. The van der Waals surface area contributed by atoms with Gasteiger partial charge in [0.1, 0.15) is 17.4 Å². The minimum absolute atomic E-state index is 0.117. The predicted molar refractivity (Wildman–Crippen MR) is 69.1 cm³/mol. The molecule has 1 atom stereocenters. The third-order valence-electron chi connectivity index (χ3n) is 3.66. The molecular formula is C15H10O4. The molecule has 19 heavy (non-hydrogen) atoms. The topological polar surface area (TPSA) is 56.5 Å². The number of carbonyl (C=O) groups excluding carboxylic acids is 1. The number of ketones is 1. The van der Waals surface area contributed by atoms with Crippen molar-refractivity contribution in [3.8, 4) is 5.75 Å². The second-order valence-electron chi connectivity index (χ2n) is 4.82. The number of rotatable bonds is 0. The summed E-state index contributed by atoms with van der Waals surface area (Å²) in [4.78, 5) is 23.1. The summed E-state index contributed by atoms with van der Waals surface area (Å²) in [6.07, 6.45) is 2.91. The SMILES string of the molecule is O=C1CCC2Oc3ccc4ccc(=O)oc4c3C=C12. The molecule has 94 valence electrons. The molecular weight excluding hydrogens is 244 g/mol. The van der Waals surface area contributed by atoms with E-state index in [1.807, 2.05) is 18.2 Å². The summed E-state index contributed by atoms with van der Waals surface area (Å²) in [5, 5.41) is 0.822. The molecule has 0 N–H and O–H groups in total. The van der Waals surface area contributed by atoms with Crippen molar-refractivity contribution in [1.82, 2.24) is 0 Å². The molecule has 1 aliphatic heterocycles. The van der Waals surface area contributed by atoms with E-state index < -0.39 is 5.63 Å². The fraction of sp³-hybridized carbons (Fsp3) is 0.200.